The molecule has 0 radical (unpaired) electrons. The Labute approximate surface area is 214 Å². The minimum absolute atomic E-state index is 0.0758. The highest BCUT2D eigenvalue weighted by molar-refractivity contribution is 6.31. The molecule has 2 unspecified atom stereocenters. The van der Waals surface area contributed by atoms with Gasteiger partial charge >= 0.3 is 6.18 Å². The van der Waals surface area contributed by atoms with Crippen molar-refractivity contribution in [1.29, 1.82) is 0 Å². The van der Waals surface area contributed by atoms with E-state index < -0.39 is 29.1 Å². The van der Waals surface area contributed by atoms with Crippen LogP contribution in [0.25, 0.3) is 0 Å². The minimum atomic E-state index is -4.62. The Morgan fingerprint density at radius 2 is 1.86 bits per heavy atom. The van der Waals surface area contributed by atoms with Gasteiger partial charge in [-0.25, -0.2) is 4.39 Å². The van der Waals surface area contributed by atoms with Gasteiger partial charge in [-0.3, -0.25) is 14.2 Å². The molecule has 37 heavy (non-hydrogen) atoms. The molecule has 0 spiro atoms. The molecule has 2 atom stereocenters. The molecule has 2 aromatic heterocycles. The first kappa shape index (κ1) is 25.5. The molecule has 2 aliphatic rings. The zero-order chi connectivity index (χ0) is 26.9. The van der Waals surface area contributed by atoms with Crippen molar-refractivity contribution in [3.05, 3.63) is 57.8 Å². The Bertz CT molecular complexity index is 1370. The van der Waals surface area contributed by atoms with Crippen LogP contribution < -0.4 is 11.1 Å². The van der Waals surface area contributed by atoms with Crippen LogP contribution >= 0.6 is 11.6 Å². The van der Waals surface area contributed by atoms with Crippen LogP contribution in [0.15, 0.2) is 24.4 Å². The molecule has 8 nitrogen and oxygen atoms in total. The van der Waals surface area contributed by atoms with Gasteiger partial charge in [0.15, 0.2) is 0 Å². The fourth-order valence-electron chi connectivity index (χ4n) is 5.96. The van der Waals surface area contributed by atoms with Gasteiger partial charge in [-0.2, -0.15) is 23.4 Å². The van der Waals surface area contributed by atoms with Gasteiger partial charge in [0.1, 0.15) is 28.5 Å². The van der Waals surface area contributed by atoms with Crippen molar-refractivity contribution in [3.8, 4) is 0 Å². The van der Waals surface area contributed by atoms with Gasteiger partial charge in [0, 0.05) is 31.9 Å². The Hall–Kier alpha value is -3.12. The number of nitrogens with zero attached hydrogens (tertiary/aromatic N) is 4. The number of benzene rings is 1. The Balaban J connectivity index is 1.37. The summed E-state index contributed by atoms with van der Waals surface area (Å²) in [7, 11) is 3.00. The number of alkyl halides is 3. The Morgan fingerprint density at radius 3 is 2.46 bits per heavy atom. The number of halogens is 5. The number of aromatic nitrogens is 4. The molecule has 198 valence electrons. The van der Waals surface area contributed by atoms with Crippen molar-refractivity contribution in [2.24, 2.45) is 25.9 Å². The average molecular weight is 541 g/mol. The second-order valence-corrected chi connectivity index (χ2v) is 10.5. The smallest absolute Gasteiger partial charge is 0.383 e. The highest BCUT2D eigenvalue weighted by Crippen LogP contribution is 2.57. The van der Waals surface area contributed by atoms with E-state index in [0.717, 1.165) is 16.9 Å². The quantitative estimate of drug-likeness (QED) is 0.419. The highest BCUT2D eigenvalue weighted by Gasteiger charge is 2.54. The average Bonchev–Trinajstić information content (AvgIpc) is 3.52. The first-order valence-corrected chi connectivity index (χ1v) is 12.1. The molecule has 2 fully saturated rings. The van der Waals surface area contributed by atoms with Crippen molar-refractivity contribution < 1.29 is 27.5 Å². The van der Waals surface area contributed by atoms with Crippen LogP contribution in [0.4, 0.5) is 29.1 Å². The van der Waals surface area contributed by atoms with Gasteiger partial charge in [0.2, 0.25) is 0 Å². The minimum Gasteiger partial charge on any atom is -0.383 e. The van der Waals surface area contributed by atoms with Gasteiger partial charge in [0.05, 0.1) is 16.3 Å². The molecule has 2 aliphatic carbocycles. The topological polar surface area (TPSA) is 111 Å². The third-order valence-electron chi connectivity index (χ3n) is 7.53. The SMILES string of the molecule is Cn1cc(C(F)(F)F)c(C2(O)CC3CC(c4nn(C)c(N)c4C(=O)Nc4ccc(F)c(Cl)c4)CC3C2)n1. The number of hydrogen-bond acceptors (Lipinski definition) is 5. The maximum atomic E-state index is 13.6. The van der Waals surface area contributed by atoms with Crippen molar-refractivity contribution in [2.75, 3.05) is 11.1 Å². The van der Waals surface area contributed by atoms with E-state index in [4.69, 9.17) is 17.3 Å². The van der Waals surface area contributed by atoms with Crippen molar-refractivity contribution in [3.63, 3.8) is 0 Å². The Morgan fingerprint density at radius 1 is 1.22 bits per heavy atom. The molecular formula is C24H25ClF4N6O2. The molecule has 0 aliphatic heterocycles. The van der Waals surface area contributed by atoms with Crippen LogP contribution in [0.5, 0.6) is 0 Å². The van der Waals surface area contributed by atoms with Gasteiger partial charge in [-0.15, -0.1) is 0 Å². The summed E-state index contributed by atoms with van der Waals surface area (Å²) in [5.41, 5.74) is 4.18. The summed E-state index contributed by atoms with van der Waals surface area (Å²) in [6, 6.07) is 3.80. The van der Waals surface area contributed by atoms with E-state index in [2.05, 4.69) is 15.5 Å². The van der Waals surface area contributed by atoms with E-state index in [1.54, 1.807) is 7.05 Å². The predicted octanol–water partition coefficient (Wildman–Crippen LogP) is 4.59. The number of anilines is 2. The number of rotatable bonds is 4. The molecular weight excluding hydrogens is 516 g/mol. The van der Waals surface area contributed by atoms with E-state index in [9.17, 15) is 27.5 Å². The number of nitrogen functional groups attached to an aromatic ring is 1. The fraction of sp³-hybridized carbons (Fsp3) is 0.458. The standard InChI is InChI=1S/C24H25ClF4N6O2/c1-34-10-15(24(27,28)29)20(33-34)23(37)8-12-5-11(6-13(12)9-23)19-18(21(30)35(2)32-19)22(36)31-14-3-4-17(26)16(25)7-14/h3-4,7,10-13,37H,5-6,8-9,30H2,1-2H3,(H,31,36). The van der Waals surface area contributed by atoms with Gasteiger partial charge in [-0.1, -0.05) is 11.6 Å². The second-order valence-electron chi connectivity index (χ2n) is 10.0. The van der Waals surface area contributed by atoms with Crippen LogP contribution in [-0.2, 0) is 25.9 Å². The zero-order valence-electron chi connectivity index (χ0n) is 20.0. The lowest BCUT2D eigenvalue weighted by Crippen LogP contribution is -2.27. The maximum Gasteiger partial charge on any atom is 0.419 e. The monoisotopic (exact) mass is 540 g/mol. The molecule has 0 bridgehead atoms. The van der Waals surface area contributed by atoms with E-state index in [1.807, 2.05) is 0 Å². The maximum absolute atomic E-state index is 13.6. The molecule has 1 aromatic carbocycles. The van der Waals surface area contributed by atoms with Crippen LogP contribution in [-0.4, -0.2) is 30.6 Å². The lowest BCUT2D eigenvalue weighted by Gasteiger charge is -2.24. The molecule has 2 saturated carbocycles. The zero-order valence-corrected chi connectivity index (χ0v) is 20.7. The van der Waals surface area contributed by atoms with Crippen LogP contribution in [0.2, 0.25) is 5.02 Å². The summed E-state index contributed by atoms with van der Waals surface area (Å²) < 4.78 is 56.7. The molecule has 0 saturated heterocycles. The Kier molecular flexibility index (Phi) is 6.02. The number of aryl methyl sites for hydroxylation is 2. The van der Waals surface area contributed by atoms with E-state index >= 15 is 0 Å². The number of fused-ring (bicyclic) bond motifs is 1. The number of hydrogen-bond donors (Lipinski definition) is 3. The number of amides is 1. The van der Waals surface area contributed by atoms with Gasteiger partial charge in [0.25, 0.3) is 5.91 Å². The predicted molar refractivity (Wildman–Crippen MR) is 127 cm³/mol. The number of carbonyl (C=O) groups is 1. The molecule has 13 heteroatoms. The van der Waals surface area contributed by atoms with Crippen molar-refractivity contribution in [1.82, 2.24) is 19.6 Å². The summed E-state index contributed by atoms with van der Waals surface area (Å²) in [4.78, 5) is 13.2. The summed E-state index contributed by atoms with van der Waals surface area (Å²) in [6.45, 7) is 0. The number of aliphatic hydroxyl groups is 1. The number of nitrogens with two attached hydrogens (primary N) is 1. The van der Waals surface area contributed by atoms with Crippen molar-refractivity contribution >= 4 is 29.0 Å². The number of nitrogens with one attached hydrogen (secondary N) is 1. The van der Waals surface area contributed by atoms with Crippen LogP contribution in [0.1, 0.15) is 58.9 Å². The van der Waals surface area contributed by atoms with Crippen molar-refractivity contribution in [2.45, 2.75) is 43.4 Å². The van der Waals surface area contributed by atoms with Crippen LogP contribution in [0, 0.1) is 17.7 Å². The summed E-state index contributed by atoms with van der Waals surface area (Å²) >= 11 is 5.82. The molecule has 5 rings (SSSR count). The van der Waals surface area contributed by atoms with Crippen LogP contribution in [0.3, 0.4) is 0 Å². The lowest BCUT2D eigenvalue weighted by molar-refractivity contribution is -0.140. The second kappa shape index (κ2) is 8.73. The third-order valence-corrected chi connectivity index (χ3v) is 7.82. The summed E-state index contributed by atoms with van der Waals surface area (Å²) in [6.07, 6.45) is -2.42. The third kappa shape index (κ3) is 4.46. The summed E-state index contributed by atoms with van der Waals surface area (Å²) in [5.74, 6) is -1.32. The molecule has 3 aromatic rings. The lowest BCUT2D eigenvalue weighted by atomic mass is 9.88. The summed E-state index contributed by atoms with van der Waals surface area (Å²) in [5, 5.41) is 22.2. The molecule has 1 amide bonds. The van der Waals surface area contributed by atoms with Gasteiger partial charge in [-0.05, 0) is 55.7 Å². The molecule has 4 N–H and O–H groups in total. The highest BCUT2D eigenvalue weighted by atomic mass is 35.5. The van der Waals surface area contributed by atoms with E-state index in [0.29, 0.717) is 18.5 Å². The first-order chi connectivity index (χ1) is 17.3. The fourth-order valence-corrected chi connectivity index (χ4v) is 6.14. The normalized spacial score (nSPS) is 25.5. The number of carbonyl (C=O) groups excluding carboxylic acids is 1. The van der Waals surface area contributed by atoms with Gasteiger partial charge < -0.3 is 16.2 Å². The first-order valence-electron chi connectivity index (χ1n) is 11.7. The van der Waals surface area contributed by atoms with E-state index in [-0.39, 0.29) is 58.4 Å². The van der Waals surface area contributed by atoms with E-state index in [1.165, 1.54) is 23.9 Å². The molecule has 2 heterocycles. The largest absolute Gasteiger partial charge is 0.419 e.